The highest BCUT2D eigenvalue weighted by molar-refractivity contribution is 5.78. The lowest BCUT2D eigenvalue weighted by atomic mass is 9.92. The minimum absolute atomic E-state index is 0.228. The van der Waals surface area contributed by atoms with Crippen molar-refractivity contribution in [1.29, 1.82) is 0 Å². The second-order valence-electron chi connectivity index (χ2n) is 5.49. The Kier molecular flexibility index (Phi) is 4.97. The molecule has 0 saturated carbocycles. The summed E-state index contributed by atoms with van der Waals surface area (Å²) in [5, 5.41) is 0. The highest BCUT2D eigenvalue weighted by Gasteiger charge is 2.25. The van der Waals surface area contributed by atoms with Gasteiger partial charge in [-0.1, -0.05) is 0 Å². The number of morpholine rings is 1. The summed E-state index contributed by atoms with van der Waals surface area (Å²) in [5.74, 6) is 0.778. The van der Waals surface area contributed by atoms with Gasteiger partial charge >= 0.3 is 0 Å². The van der Waals surface area contributed by atoms with E-state index in [2.05, 4.69) is 11.8 Å². The van der Waals surface area contributed by atoms with Crippen molar-refractivity contribution < 1.29 is 9.53 Å². The highest BCUT2D eigenvalue weighted by atomic mass is 16.5. The Labute approximate surface area is 109 Å². The van der Waals surface area contributed by atoms with Crippen molar-refractivity contribution >= 4 is 5.91 Å². The Hall–Kier alpha value is -0.650. The smallest absolute Gasteiger partial charge is 0.236 e. The lowest BCUT2D eigenvalue weighted by molar-refractivity contribution is -0.136. The Morgan fingerprint density at radius 3 is 2.78 bits per heavy atom. The lowest BCUT2D eigenvalue weighted by Crippen LogP contribution is -2.49. The van der Waals surface area contributed by atoms with E-state index < -0.39 is 0 Å². The first-order valence-electron chi connectivity index (χ1n) is 7.00. The maximum Gasteiger partial charge on any atom is 0.236 e. The summed E-state index contributed by atoms with van der Waals surface area (Å²) in [5.41, 5.74) is 5.96. The van der Waals surface area contributed by atoms with Gasteiger partial charge in [0.25, 0.3) is 0 Å². The SMILES string of the molecule is CC(N)C1CCCN(CC(=O)N2CCOCC2)C1. The summed E-state index contributed by atoms with van der Waals surface area (Å²) in [4.78, 5) is 16.3. The molecule has 104 valence electrons. The number of likely N-dealkylation sites (tertiary alicyclic amines) is 1. The number of hydrogen-bond donors (Lipinski definition) is 1. The molecule has 0 bridgehead atoms. The van der Waals surface area contributed by atoms with Gasteiger partial charge in [-0.3, -0.25) is 9.69 Å². The van der Waals surface area contributed by atoms with E-state index in [4.69, 9.17) is 10.5 Å². The van der Waals surface area contributed by atoms with Crippen LogP contribution in [0.2, 0.25) is 0 Å². The molecular formula is C13H25N3O2. The third-order valence-corrected chi connectivity index (χ3v) is 4.01. The largest absolute Gasteiger partial charge is 0.378 e. The first-order chi connectivity index (χ1) is 8.66. The van der Waals surface area contributed by atoms with E-state index in [9.17, 15) is 4.79 Å². The van der Waals surface area contributed by atoms with Gasteiger partial charge < -0.3 is 15.4 Å². The third-order valence-electron chi connectivity index (χ3n) is 4.01. The number of carbonyl (C=O) groups is 1. The number of rotatable bonds is 3. The number of piperidine rings is 1. The van der Waals surface area contributed by atoms with Crippen molar-refractivity contribution in [3.63, 3.8) is 0 Å². The molecule has 2 heterocycles. The Balaban J connectivity index is 1.79. The molecule has 5 nitrogen and oxygen atoms in total. The fourth-order valence-electron chi connectivity index (χ4n) is 2.77. The van der Waals surface area contributed by atoms with E-state index in [0.717, 1.165) is 32.6 Å². The molecule has 5 heteroatoms. The maximum absolute atomic E-state index is 12.1. The monoisotopic (exact) mass is 255 g/mol. The van der Waals surface area contributed by atoms with E-state index in [0.29, 0.717) is 25.7 Å². The molecule has 2 aliphatic rings. The number of amides is 1. The molecule has 2 fully saturated rings. The number of ether oxygens (including phenoxy) is 1. The van der Waals surface area contributed by atoms with Crippen LogP contribution in [0.5, 0.6) is 0 Å². The van der Waals surface area contributed by atoms with Crippen LogP contribution < -0.4 is 5.73 Å². The van der Waals surface area contributed by atoms with E-state index in [1.807, 2.05) is 4.90 Å². The van der Waals surface area contributed by atoms with Gasteiger partial charge in [0.05, 0.1) is 19.8 Å². The zero-order valence-corrected chi connectivity index (χ0v) is 11.3. The van der Waals surface area contributed by atoms with Crippen LogP contribution in [0.3, 0.4) is 0 Å². The van der Waals surface area contributed by atoms with Gasteiger partial charge in [0.2, 0.25) is 5.91 Å². The molecule has 1 amide bonds. The zero-order chi connectivity index (χ0) is 13.0. The standard InChI is InChI=1S/C13H25N3O2/c1-11(14)12-3-2-4-15(9-12)10-13(17)16-5-7-18-8-6-16/h11-12H,2-10,14H2,1H3. The Bertz CT molecular complexity index is 277. The van der Waals surface area contributed by atoms with Gasteiger partial charge in [0.15, 0.2) is 0 Å². The van der Waals surface area contributed by atoms with Crippen LogP contribution in [0, 0.1) is 5.92 Å². The van der Waals surface area contributed by atoms with Crippen molar-refractivity contribution in [2.45, 2.75) is 25.8 Å². The van der Waals surface area contributed by atoms with Crippen molar-refractivity contribution in [1.82, 2.24) is 9.80 Å². The van der Waals surface area contributed by atoms with Crippen LogP contribution in [0.1, 0.15) is 19.8 Å². The normalized spacial score (nSPS) is 28.1. The molecule has 0 aliphatic carbocycles. The van der Waals surface area contributed by atoms with Crippen molar-refractivity contribution in [2.24, 2.45) is 11.7 Å². The van der Waals surface area contributed by atoms with E-state index >= 15 is 0 Å². The predicted molar refractivity (Wildman–Crippen MR) is 70.2 cm³/mol. The molecule has 2 unspecified atom stereocenters. The summed E-state index contributed by atoms with van der Waals surface area (Å²) in [6.45, 7) is 7.43. The molecule has 2 saturated heterocycles. The van der Waals surface area contributed by atoms with Crippen LogP contribution in [-0.2, 0) is 9.53 Å². The average Bonchev–Trinajstić information content (AvgIpc) is 2.40. The minimum atomic E-state index is 0.228. The second kappa shape index (κ2) is 6.50. The molecule has 0 radical (unpaired) electrons. The van der Waals surface area contributed by atoms with Gasteiger partial charge in [-0.15, -0.1) is 0 Å². The number of nitrogens with zero attached hydrogens (tertiary/aromatic N) is 2. The summed E-state index contributed by atoms with van der Waals surface area (Å²) in [6.07, 6.45) is 2.35. The maximum atomic E-state index is 12.1. The Morgan fingerprint density at radius 1 is 1.39 bits per heavy atom. The zero-order valence-electron chi connectivity index (χ0n) is 11.3. The molecule has 2 atom stereocenters. The first-order valence-corrected chi connectivity index (χ1v) is 7.00. The van der Waals surface area contributed by atoms with Gasteiger partial charge in [-0.05, 0) is 32.2 Å². The molecule has 0 aromatic carbocycles. The van der Waals surface area contributed by atoms with E-state index in [1.54, 1.807) is 0 Å². The van der Waals surface area contributed by atoms with Gasteiger partial charge in [0.1, 0.15) is 0 Å². The summed E-state index contributed by atoms with van der Waals surface area (Å²) in [7, 11) is 0. The summed E-state index contributed by atoms with van der Waals surface area (Å²) >= 11 is 0. The van der Waals surface area contributed by atoms with Crippen LogP contribution in [0.15, 0.2) is 0 Å². The molecule has 2 aliphatic heterocycles. The van der Waals surface area contributed by atoms with Gasteiger partial charge in [-0.25, -0.2) is 0 Å². The molecular weight excluding hydrogens is 230 g/mol. The molecule has 0 aromatic heterocycles. The van der Waals surface area contributed by atoms with Crippen molar-refractivity contribution in [3.05, 3.63) is 0 Å². The fourth-order valence-corrected chi connectivity index (χ4v) is 2.77. The van der Waals surface area contributed by atoms with Crippen molar-refractivity contribution in [3.8, 4) is 0 Å². The van der Waals surface area contributed by atoms with Crippen LogP contribution in [0.4, 0.5) is 0 Å². The fraction of sp³-hybridized carbons (Fsp3) is 0.923. The second-order valence-corrected chi connectivity index (χ2v) is 5.49. The first kappa shape index (κ1) is 13.8. The molecule has 0 spiro atoms. The summed E-state index contributed by atoms with van der Waals surface area (Å²) < 4.78 is 5.26. The van der Waals surface area contributed by atoms with Crippen LogP contribution in [0.25, 0.3) is 0 Å². The van der Waals surface area contributed by atoms with Gasteiger partial charge in [-0.2, -0.15) is 0 Å². The molecule has 2 rings (SSSR count). The van der Waals surface area contributed by atoms with Gasteiger partial charge in [0, 0.05) is 25.7 Å². The quantitative estimate of drug-likeness (QED) is 0.765. The number of nitrogens with two attached hydrogens (primary N) is 1. The molecule has 0 aromatic rings. The average molecular weight is 255 g/mol. The van der Waals surface area contributed by atoms with Crippen LogP contribution >= 0.6 is 0 Å². The number of hydrogen-bond acceptors (Lipinski definition) is 4. The topological polar surface area (TPSA) is 58.8 Å². The van der Waals surface area contributed by atoms with E-state index in [1.165, 1.54) is 6.42 Å². The third kappa shape index (κ3) is 3.67. The van der Waals surface area contributed by atoms with Crippen LogP contribution in [-0.4, -0.2) is 67.7 Å². The minimum Gasteiger partial charge on any atom is -0.378 e. The van der Waals surface area contributed by atoms with E-state index in [-0.39, 0.29) is 11.9 Å². The Morgan fingerprint density at radius 2 is 2.11 bits per heavy atom. The molecule has 2 N–H and O–H groups in total. The molecule has 18 heavy (non-hydrogen) atoms. The highest BCUT2D eigenvalue weighted by Crippen LogP contribution is 2.18. The van der Waals surface area contributed by atoms with Crippen molar-refractivity contribution in [2.75, 3.05) is 45.9 Å². The summed E-state index contributed by atoms with van der Waals surface area (Å²) in [6, 6.07) is 0.228. The lowest BCUT2D eigenvalue weighted by Gasteiger charge is -2.36. The predicted octanol–water partition coefficient (Wildman–Crippen LogP) is -0.0956. The number of carbonyl (C=O) groups excluding carboxylic acids is 1.